The Balaban J connectivity index is 1.84. The number of carbonyl (C=O) groups is 2. The molecule has 5 heteroatoms. The van der Waals surface area contributed by atoms with Crippen molar-refractivity contribution in [3.63, 3.8) is 0 Å². The summed E-state index contributed by atoms with van der Waals surface area (Å²) in [5.41, 5.74) is 0.702. The van der Waals surface area contributed by atoms with Gasteiger partial charge in [0.2, 0.25) is 11.8 Å². The predicted molar refractivity (Wildman–Crippen MR) is 103 cm³/mol. The van der Waals surface area contributed by atoms with E-state index >= 15 is 0 Å². The number of hydrogen-bond acceptors (Lipinski definition) is 3. The minimum absolute atomic E-state index is 0.00564. The van der Waals surface area contributed by atoms with Crippen LogP contribution in [0.4, 0.5) is 5.69 Å². The summed E-state index contributed by atoms with van der Waals surface area (Å²) in [6, 6.07) is 16.7. The number of nitrogens with zero attached hydrogens (tertiary/aromatic N) is 1. The Morgan fingerprint density at radius 3 is 2.19 bits per heavy atom. The highest BCUT2D eigenvalue weighted by atomic mass is 16.5. The van der Waals surface area contributed by atoms with Gasteiger partial charge in [-0.1, -0.05) is 32.0 Å². The number of carbonyl (C=O) groups excluding carboxylic acids is 2. The summed E-state index contributed by atoms with van der Waals surface area (Å²) in [7, 11) is 0. The zero-order valence-corrected chi connectivity index (χ0v) is 15.6. The van der Waals surface area contributed by atoms with Crippen molar-refractivity contribution in [3.05, 3.63) is 54.6 Å². The Hall–Kier alpha value is -2.82. The van der Waals surface area contributed by atoms with Gasteiger partial charge >= 0.3 is 0 Å². The van der Waals surface area contributed by atoms with E-state index in [1.54, 1.807) is 17.0 Å². The van der Waals surface area contributed by atoms with Crippen molar-refractivity contribution < 1.29 is 14.3 Å². The van der Waals surface area contributed by atoms with E-state index in [0.29, 0.717) is 30.4 Å². The number of anilines is 1. The van der Waals surface area contributed by atoms with Crippen LogP contribution in [-0.2, 0) is 9.59 Å². The van der Waals surface area contributed by atoms with Crippen LogP contribution in [0.25, 0.3) is 0 Å². The number of benzene rings is 2. The lowest BCUT2D eigenvalue weighted by Crippen LogP contribution is -2.34. The van der Waals surface area contributed by atoms with Crippen molar-refractivity contribution in [2.75, 3.05) is 18.4 Å². The van der Waals surface area contributed by atoms with Gasteiger partial charge in [-0.2, -0.15) is 0 Å². The number of ether oxygens (including phenoxy) is 1. The molecule has 0 radical (unpaired) electrons. The summed E-state index contributed by atoms with van der Waals surface area (Å²) in [6.07, 6.45) is 0.272. The van der Waals surface area contributed by atoms with Crippen LogP contribution in [0.3, 0.4) is 0 Å². The SMILES string of the molecule is CC(=O)N(CCC(=O)Nc1ccc(Oc2ccccc2)cc1)CC(C)C. The number of amides is 2. The number of para-hydroxylation sites is 1. The molecule has 0 bridgehead atoms. The van der Waals surface area contributed by atoms with Gasteiger partial charge in [0.05, 0.1) is 0 Å². The van der Waals surface area contributed by atoms with E-state index in [0.717, 1.165) is 5.75 Å². The van der Waals surface area contributed by atoms with Gasteiger partial charge in [-0.3, -0.25) is 9.59 Å². The molecular weight excluding hydrogens is 328 g/mol. The molecule has 0 aliphatic heterocycles. The first kappa shape index (κ1) is 19.5. The molecule has 0 saturated carbocycles. The van der Waals surface area contributed by atoms with Crippen LogP contribution in [0.15, 0.2) is 54.6 Å². The normalized spacial score (nSPS) is 10.5. The molecule has 0 aliphatic carbocycles. The average molecular weight is 354 g/mol. The Morgan fingerprint density at radius 2 is 1.62 bits per heavy atom. The lowest BCUT2D eigenvalue weighted by molar-refractivity contribution is -0.129. The largest absolute Gasteiger partial charge is 0.457 e. The van der Waals surface area contributed by atoms with E-state index in [1.807, 2.05) is 42.5 Å². The molecular formula is C21H26N2O3. The summed E-state index contributed by atoms with van der Waals surface area (Å²) in [4.78, 5) is 25.4. The molecule has 26 heavy (non-hydrogen) atoms. The molecule has 0 unspecified atom stereocenters. The topological polar surface area (TPSA) is 58.6 Å². The van der Waals surface area contributed by atoms with Crippen LogP contribution in [0, 0.1) is 5.92 Å². The van der Waals surface area contributed by atoms with Crippen LogP contribution in [0.1, 0.15) is 27.2 Å². The van der Waals surface area contributed by atoms with Crippen LogP contribution < -0.4 is 10.1 Å². The molecule has 2 rings (SSSR count). The monoisotopic (exact) mass is 354 g/mol. The van der Waals surface area contributed by atoms with Crippen LogP contribution >= 0.6 is 0 Å². The van der Waals surface area contributed by atoms with Crippen LogP contribution in [0.2, 0.25) is 0 Å². The minimum atomic E-state index is -0.114. The van der Waals surface area contributed by atoms with Gasteiger partial charge in [-0.15, -0.1) is 0 Å². The molecule has 0 atom stereocenters. The standard InChI is InChI=1S/C21H26N2O3/c1-16(2)15-23(17(3)24)14-13-21(25)22-18-9-11-20(12-10-18)26-19-7-5-4-6-8-19/h4-12,16H,13-15H2,1-3H3,(H,22,25). The third-order valence-electron chi connectivity index (χ3n) is 3.76. The smallest absolute Gasteiger partial charge is 0.226 e. The zero-order chi connectivity index (χ0) is 18.9. The molecule has 2 aromatic rings. The van der Waals surface area contributed by atoms with Crippen LogP contribution in [0.5, 0.6) is 11.5 Å². The lowest BCUT2D eigenvalue weighted by Gasteiger charge is -2.22. The summed E-state index contributed by atoms with van der Waals surface area (Å²) in [5.74, 6) is 1.72. The van der Waals surface area contributed by atoms with E-state index < -0.39 is 0 Å². The van der Waals surface area contributed by atoms with Crippen molar-refractivity contribution >= 4 is 17.5 Å². The third-order valence-corrected chi connectivity index (χ3v) is 3.76. The van der Waals surface area contributed by atoms with Crippen LogP contribution in [-0.4, -0.2) is 29.8 Å². The number of nitrogens with one attached hydrogen (secondary N) is 1. The maximum atomic E-state index is 12.1. The summed E-state index contributed by atoms with van der Waals surface area (Å²) < 4.78 is 5.72. The summed E-state index contributed by atoms with van der Waals surface area (Å²) >= 11 is 0. The predicted octanol–water partition coefficient (Wildman–Crippen LogP) is 4.31. The van der Waals surface area contributed by atoms with E-state index in [-0.39, 0.29) is 18.2 Å². The van der Waals surface area contributed by atoms with Gasteiger partial charge in [0, 0.05) is 32.1 Å². The van der Waals surface area contributed by atoms with Gasteiger partial charge in [0.1, 0.15) is 11.5 Å². The first-order valence-corrected chi connectivity index (χ1v) is 8.82. The van der Waals surface area contributed by atoms with E-state index in [4.69, 9.17) is 4.74 Å². The van der Waals surface area contributed by atoms with Crippen molar-refractivity contribution in [1.82, 2.24) is 4.90 Å². The van der Waals surface area contributed by atoms with E-state index in [1.165, 1.54) is 6.92 Å². The van der Waals surface area contributed by atoms with Gasteiger partial charge in [0.15, 0.2) is 0 Å². The highest BCUT2D eigenvalue weighted by Crippen LogP contribution is 2.22. The molecule has 0 fully saturated rings. The Labute approximate surface area is 155 Å². The number of rotatable bonds is 8. The molecule has 2 amide bonds. The highest BCUT2D eigenvalue weighted by Gasteiger charge is 2.12. The van der Waals surface area contributed by atoms with E-state index in [2.05, 4.69) is 19.2 Å². The fraction of sp³-hybridized carbons (Fsp3) is 0.333. The van der Waals surface area contributed by atoms with Crippen molar-refractivity contribution in [2.45, 2.75) is 27.2 Å². The molecule has 0 heterocycles. The average Bonchev–Trinajstić information content (AvgIpc) is 2.60. The Bertz CT molecular complexity index is 712. The molecule has 0 aromatic heterocycles. The first-order valence-electron chi connectivity index (χ1n) is 8.82. The molecule has 0 spiro atoms. The maximum Gasteiger partial charge on any atom is 0.226 e. The minimum Gasteiger partial charge on any atom is -0.457 e. The third kappa shape index (κ3) is 6.59. The Morgan fingerprint density at radius 1 is 1.00 bits per heavy atom. The second-order valence-corrected chi connectivity index (χ2v) is 6.60. The van der Waals surface area contributed by atoms with Gasteiger partial charge < -0.3 is 15.0 Å². The molecule has 2 aromatic carbocycles. The van der Waals surface area contributed by atoms with Crippen molar-refractivity contribution in [1.29, 1.82) is 0 Å². The molecule has 1 N–H and O–H groups in total. The summed E-state index contributed by atoms with van der Waals surface area (Å²) in [6.45, 7) is 6.72. The van der Waals surface area contributed by atoms with Gasteiger partial charge in [-0.25, -0.2) is 0 Å². The first-order chi connectivity index (χ1) is 12.4. The fourth-order valence-corrected chi connectivity index (χ4v) is 2.51. The molecule has 0 saturated heterocycles. The Kier molecular flexibility index (Phi) is 7.21. The lowest BCUT2D eigenvalue weighted by atomic mass is 10.2. The second-order valence-electron chi connectivity index (χ2n) is 6.60. The fourth-order valence-electron chi connectivity index (χ4n) is 2.51. The molecule has 138 valence electrons. The van der Waals surface area contributed by atoms with Gasteiger partial charge in [-0.05, 0) is 42.3 Å². The quantitative estimate of drug-likeness (QED) is 0.768. The van der Waals surface area contributed by atoms with Crippen molar-refractivity contribution in [2.24, 2.45) is 5.92 Å². The second kappa shape index (κ2) is 9.61. The summed E-state index contributed by atoms with van der Waals surface area (Å²) in [5, 5.41) is 2.85. The maximum absolute atomic E-state index is 12.1. The highest BCUT2D eigenvalue weighted by molar-refractivity contribution is 5.91. The molecule has 5 nitrogen and oxygen atoms in total. The van der Waals surface area contributed by atoms with E-state index in [9.17, 15) is 9.59 Å². The zero-order valence-electron chi connectivity index (χ0n) is 15.6. The number of hydrogen-bond donors (Lipinski definition) is 1. The molecule has 0 aliphatic rings. The van der Waals surface area contributed by atoms with Gasteiger partial charge in [0.25, 0.3) is 0 Å². The van der Waals surface area contributed by atoms with Crippen molar-refractivity contribution in [3.8, 4) is 11.5 Å².